The van der Waals surface area contributed by atoms with Crippen LogP contribution in [0.1, 0.15) is 18.7 Å². The molecule has 5 rings (SSSR count). The summed E-state index contributed by atoms with van der Waals surface area (Å²) in [5.74, 6) is 2.03. The normalized spacial score (nSPS) is 14.4. The molecular weight excluding hydrogens is 328 g/mol. The zero-order valence-corrected chi connectivity index (χ0v) is 14.2. The van der Waals surface area contributed by atoms with E-state index in [4.69, 9.17) is 9.51 Å². The molecule has 26 heavy (non-hydrogen) atoms. The van der Waals surface area contributed by atoms with Gasteiger partial charge in [-0.2, -0.15) is 4.98 Å². The molecule has 0 unspecified atom stereocenters. The summed E-state index contributed by atoms with van der Waals surface area (Å²) in [5, 5.41) is 4.11. The predicted molar refractivity (Wildman–Crippen MR) is 97.8 cm³/mol. The van der Waals surface area contributed by atoms with Crippen molar-refractivity contribution in [1.82, 2.24) is 24.7 Å². The SMILES string of the molecule is c1cc(-c2nc(Cn3cnc4ccccc43)no2)nc(N2CCCC2)c1. The second kappa shape index (κ2) is 6.25. The van der Waals surface area contributed by atoms with Crippen LogP contribution in [0.4, 0.5) is 5.82 Å². The van der Waals surface area contributed by atoms with Crippen LogP contribution in [0, 0.1) is 0 Å². The molecule has 0 radical (unpaired) electrons. The highest BCUT2D eigenvalue weighted by atomic mass is 16.5. The summed E-state index contributed by atoms with van der Waals surface area (Å²) < 4.78 is 7.47. The van der Waals surface area contributed by atoms with E-state index in [0.717, 1.165) is 29.9 Å². The third kappa shape index (κ3) is 2.71. The van der Waals surface area contributed by atoms with Crippen molar-refractivity contribution in [2.45, 2.75) is 19.4 Å². The van der Waals surface area contributed by atoms with Crippen molar-refractivity contribution in [2.75, 3.05) is 18.0 Å². The standard InChI is InChI=1S/C19H18N6O/c1-2-8-16-14(6-1)20-13-25(16)12-17-22-19(26-23-17)15-7-5-9-18(21-15)24-10-3-4-11-24/h1-2,5-9,13H,3-4,10-12H2. The Labute approximate surface area is 150 Å². The summed E-state index contributed by atoms with van der Waals surface area (Å²) >= 11 is 0. The summed E-state index contributed by atoms with van der Waals surface area (Å²) in [6.45, 7) is 2.62. The fraction of sp³-hybridized carbons (Fsp3) is 0.263. The summed E-state index contributed by atoms with van der Waals surface area (Å²) in [6, 6.07) is 13.9. The molecule has 1 aromatic carbocycles. The van der Waals surface area contributed by atoms with Crippen LogP contribution < -0.4 is 4.90 Å². The molecule has 0 atom stereocenters. The van der Waals surface area contributed by atoms with Crippen LogP contribution >= 0.6 is 0 Å². The van der Waals surface area contributed by atoms with Gasteiger partial charge in [0, 0.05) is 13.1 Å². The van der Waals surface area contributed by atoms with E-state index in [9.17, 15) is 0 Å². The van der Waals surface area contributed by atoms with Gasteiger partial charge in [-0.1, -0.05) is 23.4 Å². The second-order valence-electron chi connectivity index (χ2n) is 6.45. The lowest BCUT2D eigenvalue weighted by molar-refractivity contribution is 0.419. The third-order valence-corrected chi connectivity index (χ3v) is 4.69. The first-order chi connectivity index (χ1) is 12.9. The Bertz CT molecular complexity index is 1050. The number of anilines is 1. The minimum absolute atomic E-state index is 0.450. The highest BCUT2D eigenvalue weighted by molar-refractivity contribution is 5.75. The molecular formula is C19H18N6O. The van der Waals surface area contributed by atoms with Gasteiger partial charge in [0.2, 0.25) is 0 Å². The highest BCUT2D eigenvalue weighted by Gasteiger charge is 2.16. The van der Waals surface area contributed by atoms with Crippen molar-refractivity contribution >= 4 is 16.9 Å². The molecule has 0 aliphatic carbocycles. The van der Waals surface area contributed by atoms with Crippen LogP contribution in [0.25, 0.3) is 22.6 Å². The third-order valence-electron chi connectivity index (χ3n) is 4.69. The van der Waals surface area contributed by atoms with Crippen LogP contribution in [0.2, 0.25) is 0 Å². The molecule has 7 heteroatoms. The first kappa shape index (κ1) is 15.1. The van der Waals surface area contributed by atoms with E-state index >= 15 is 0 Å². The molecule has 0 bridgehead atoms. The Balaban J connectivity index is 1.41. The van der Waals surface area contributed by atoms with Crippen LogP contribution in [-0.2, 0) is 6.54 Å². The van der Waals surface area contributed by atoms with E-state index in [1.165, 1.54) is 12.8 Å². The van der Waals surface area contributed by atoms with Gasteiger partial charge >= 0.3 is 0 Å². The lowest BCUT2D eigenvalue weighted by Crippen LogP contribution is -2.18. The molecule has 7 nitrogen and oxygen atoms in total. The average molecular weight is 346 g/mol. The van der Waals surface area contributed by atoms with E-state index in [1.54, 1.807) is 6.33 Å². The summed E-state index contributed by atoms with van der Waals surface area (Å²) in [4.78, 5) is 15.9. The Kier molecular flexibility index (Phi) is 3.62. The van der Waals surface area contributed by atoms with Gasteiger partial charge in [-0.25, -0.2) is 9.97 Å². The molecule has 4 aromatic rings. The number of nitrogens with zero attached hydrogens (tertiary/aromatic N) is 6. The van der Waals surface area contributed by atoms with E-state index in [2.05, 4.69) is 20.0 Å². The molecule has 1 saturated heterocycles. The Morgan fingerprint density at radius 1 is 0.962 bits per heavy atom. The molecule has 0 N–H and O–H groups in total. The molecule has 3 aromatic heterocycles. The monoisotopic (exact) mass is 346 g/mol. The maximum absolute atomic E-state index is 5.45. The molecule has 0 spiro atoms. The largest absolute Gasteiger partial charge is 0.357 e. The van der Waals surface area contributed by atoms with Crippen molar-refractivity contribution in [3.63, 3.8) is 0 Å². The van der Waals surface area contributed by atoms with Crippen LogP contribution in [0.5, 0.6) is 0 Å². The van der Waals surface area contributed by atoms with Crippen LogP contribution in [-0.4, -0.2) is 37.8 Å². The zero-order chi connectivity index (χ0) is 17.3. The summed E-state index contributed by atoms with van der Waals surface area (Å²) in [7, 11) is 0. The van der Waals surface area contributed by atoms with E-state index in [-0.39, 0.29) is 0 Å². The maximum atomic E-state index is 5.45. The highest BCUT2D eigenvalue weighted by Crippen LogP contribution is 2.22. The summed E-state index contributed by atoms with van der Waals surface area (Å²) in [6.07, 6.45) is 4.23. The average Bonchev–Trinajstić information content (AvgIpc) is 3.44. The number of fused-ring (bicyclic) bond motifs is 1. The van der Waals surface area contributed by atoms with Gasteiger partial charge < -0.3 is 14.0 Å². The molecule has 1 aliphatic rings. The number of benzene rings is 1. The van der Waals surface area contributed by atoms with Gasteiger partial charge in [0.1, 0.15) is 11.5 Å². The van der Waals surface area contributed by atoms with Crippen LogP contribution in [0.15, 0.2) is 53.3 Å². The molecule has 4 heterocycles. The van der Waals surface area contributed by atoms with Crippen molar-refractivity contribution < 1.29 is 4.52 Å². The van der Waals surface area contributed by atoms with E-state index in [1.807, 2.05) is 47.0 Å². The lowest BCUT2D eigenvalue weighted by Gasteiger charge is -2.16. The smallest absolute Gasteiger partial charge is 0.276 e. The van der Waals surface area contributed by atoms with Crippen molar-refractivity contribution in [3.05, 3.63) is 54.6 Å². The fourth-order valence-electron chi connectivity index (χ4n) is 3.38. The fourth-order valence-corrected chi connectivity index (χ4v) is 3.38. The van der Waals surface area contributed by atoms with Crippen molar-refractivity contribution in [1.29, 1.82) is 0 Å². The quantitative estimate of drug-likeness (QED) is 0.565. The minimum Gasteiger partial charge on any atom is -0.357 e. The number of rotatable bonds is 4. The number of imidazole rings is 1. The van der Waals surface area contributed by atoms with Gasteiger partial charge in [0.05, 0.1) is 23.9 Å². The first-order valence-corrected chi connectivity index (χ1v) is 8.82. The van der Waals surface area contributed by atoms with E-state index in [0.29, 0.717) is 24.0 Å². The van der Waals surface area contributed by atoms with E-state index < -0.39 is 0 Å². The Hall–Kier alpha value is -3.22. The number of hydrogen-bond donors (Lipinski definition) is 0. The Morgan fingerprint density at radius 3 is 2.77 bits per heavy atom. The topological polar surface area (TPSA) is 72.9 Å². The first-order valence-electron chi connectivity index (χ1n) is 8.82. The number of para-hydroxylation sites is 2. The van der Waals surface area contributed by atoms with Gasteiger partial charge in [0.15, 0.2) is 5.82 Å². The van der Waals surface area contributed by atoms with Gasteiger partial charge in [-0.05, 0) is 37.1 Å². The molecule has 0 saturated carbocycles. The van der Waals surface area contributed by atoms with Gasteiger partial charge in [-0.15, -0.1) is 0 Å². The van der Waals surface area contributed by atoms with Gasteiger partial charge in [-0.3, -0.25) is 0 Å². The van der Waals surface area contributed by atoms with Crippen molar-refractivity contribution in [2.24, 2.45) is 0 Å². The molecule has 1 aliphatic heterocycles. The number of pyridine rings is 1. The number of hydrogen-bond acceptors (Lipinski definition) is 6. The maximum Gasteiger partial charge on any atom is 0.276 e. The molecule has 1 fully saturated rings. The van der Waals surface area contributed by atoms with Crippen molar-refractivity contribution in [3.8, 4) is 11.6 Å². The zero-order valence-electron chi connectivity index (χ0n) is 14.2. The minimum atomic E-state index is 0.450. The summed E-state index contributed by atoms with van der Waals surface area (Å²) in [5.41, 5.74) is 2.72. The molecule has 0 amide bonds. The van der Waals surface area contributed by atoms with Crippen LogP contribution in [0.3, 0.4) is 0 Å². The number of aromatic nitrogens is 5. The predicted octanol–water partition coefficient (Wildman–Crippen LogP) is 3.13. The van der Waals surface area contributed by atoms with Gasteiger partial charge in [0.25, 0.3) is 5.89 Å². The second-order valence-corrected chi connectivity index (χ2v) is 6.45. The Morgan fingerprint density at radius 2 is 1.85 bits per heavy atom. The lowest BCUT2D eigenvalue weighted by atomic mass is 10.3. The molecule has 130 valence electrons.